The summed E-state index contributed by atoms with van der Waals surface area (Å²) in [7, 11) is 1.65. The molecule has 4 fully saturated rings. The number of ketones is 2. The highest BCUT2D eigenvalue weighted by molar-refractivity contribution is 6.01. The van der Waals surface area contributed by atoms with E-state index in [1.807, 2.05) is 19.9 Å². The van der Waals surface area contributed by atoms with Crippen molar-refractivity contribution in [3.63, 3.8) is 0 Å². The summed E-state index contributed by atoms with van der Waals surface area (Å²) in [5.74, 6) is 4.28. The first-order chi connectivity index (χ1) is 19.0. The Labute approximate surface area is 235 Å². The van der Waals surface area contributed by atoms with Crippen molar-refractivity contribution in [1.29, 1.82) is 0 Å². The average molecular weight is 562 g/mol. The SMILES string of the molecule is CCCC1OC2CC3C4CCC5=CC(=O)C=CC5(C)C4C(O)CC3(C)C2(C(=O)COC(=O)NCC=O)O1.CNN. The van der Waals surface area contributed by atoms with Crippen molar-refractivity contribution in [3.8, 4) is 0 Å². The van der Waals surface area contributed by atoms with Gasteiger partial charge in [-0.2, -0.15) is 0 Å². The van der Waals surface area contributed by atoms with Crippen LogP contribution in [0.5, 0.6) is 0 Å². The molecule has 1 saturated heterocycles. The number of aliphatic hydroxyl groups excluding tert-OH is 1. The number of nitrogens with two attached hydrogens (primary N) is 1. The van der Waals surface area contributed by atoms with Crippen molar-refractivity contribution in [3.05, 3.63) is 23.8 Å². The Hall–Kier alpha value is -2.44. The molecule has 5 N–H and O–H groups in total. The number of allylic oxidation sites excluding steroid dienone is 4. The van der Waals surface area contributed by atoms with Crippen molar-refractivity contribution >= 4 is 23.9 Å². The van der Waals surface area contributed by atoms with Gasteiger partial charge < -0.3 is 29.4 Å². The van der Waals surface area contributed by atoms with Gasteiger partial charge in [0.25, 0.3) is 0 Å². The molecule has 5 aliphatic rings. The Morgan fingerprint density at radius 1 is 1.32 bits per heavy atom. The van der Waals surface area contributed by atoms with Gasteiger partial charge in [0.05, 0.1) is 18.8 Å². The van der Waals surface area contributed by atoms with E-state index in [1.165, 1.54) is 0 Å². The van der Waals surface area contributed by atoms with Crippen LogP contribution in [0.3, 0.4) is 0 Å². The van der Waals surface area contributed by atoms with Crippen molar-refractivity contribution < 1.29 is 38.5 Å². The van der Waals surface area contributed by atoms with Crippen molar-refractivity contribution in [2.45, 2.75) is 83.4 Å². The molecular formula is C29H43N3O8. The lowest BCUT2D eigenvalue weighted by Gasteiger charge is -2.59. The van der Waals surface area contributed by atoms with E-state index < -0.39 is 47.6 Å². The van der Waals surface area contributed by atoms with Gasteiger partial charge in [-0.3, -0.25) is 20.9 Å². The van der Waals surface area contributed by atoms with Crippen LogP contribution in [0.1, 0.15) is 59.3 Å². The van der Waals surface area contributed by atoms with Crippen LogP contribution in [0.4, 0.5) is 4.79 Å². The molecular weight excluding hydrogens is 518 g/mol. The lowest BCUT2D eigenvalue weighted by Crippen LogP contribution is -2.63. The van der Waals surface area contributed by atoms with Crippen LogP contribution in [-0.2, 0) is 28.6 Å². The summed E-state index contributed by atoms with van der Waals surface area (Å²) in [6, 6.07) is 0. The highest BCUT2D eigenvalue weighted by atomic mass is 16.7. The smallest absolute Gasteiger partial charge is 0.407 e. The summed E-state index contributed by atoms with van der Waals surface area (Å²) in [5, 5.41) is 14.0. The summed E-state index contributed by atoms with van der Waals surface area (Å²) >= 11 is 0. The fourth-order valence-electron chi connectivity index (χ4n) is 8.42. The Morgan fingerprint density at radius 3 is 2.73 bits per heavy atom. The minimum absolute atomic E-state index is 0.0121. The number of Topliss-reactive ketones (excluding diaryl/α,β-unsaturated/α-hetero) is 1. The number of carbonyl (C=O) groups excluding carboxylic acids is 4. The van der Waals surface area contributed by atoms with Crippen LogP contribution in [0, 0.1) is 28.6 Å². The van der Waals surface area contributed by atoms with E-state index in [4.69, 9.17) is 14.2 Å². The van der Waals surface area contributed by atoms with Crippen LogP contribution in [0.2, 0.25) is 0 Å². The number of alkyl carbamates (subject to hydrolysis) is 1. The lowest BCUT2D eigenvalue weighted by atomic mass is 9.46. The number of hydrogen-bond donors (Lipinski definition) is 4. The molecule has 40 heavy (non-hydrogen) atoms. The van der Waals surface area contributed by atoms with Crippen LogP contribution in [0.25, 0.3) is 0 Å². The van der Waals surface area contributed by atoms with Crippen LogP contribution >= 0.6 is 0 Å². The highest BCUT2D eigenvalue weighted by Crippen LogP contribution is 2.69. The van der Waals surface area contributed by atoms with Gasteiger partial charge >= 0.3 is 6.09 Å². The van der Waals surface area contributed by atoms with E-state index in [1.54, 1.807) is 19.2 Å². The molecule has 222 valence electrons. The lowest BCUT2D eigenvalue weighted by molar-refractivity contribution is -0.200. The third-order valence-corrected chi connectivity index (χ3v) is 9.89. The van der Waals surface area contributed by atoms with Crippen molar-refractivity contribution in [1.82, 2.24) is 10.7 Å². The fraction of sp³-hybridized carbons (Fsp3) is 0.724. The van der Waals surface area contributed by atoms with E-state index in [2.05, 4.69) is 23.5 Å². The molecule has 4 aliphatic carbocycles. The van der Waals surface area contributed by atoms with E-state index in [0.717, 1.165) is 24.8 Å². The number of carbonyl (C=O) groups is 4. The fourth-order valence-corrected chi connectivity index (χ4v) is 8.42. The molecule has 0 radical (unpaired) electrons. The molecule has 3 saturated carbocycles. The largest absolute Gasteiger partial charge is 0.441 e. The zero-order valence-corrected chi connectivity index (χ0v) is 23.8. The first-order valence-corrected chi connectivity index (χ1v) is 14.2. The number of rotatable bonds is 7. The predicted octanol–water partition coefficient (Wildman–Crippen LogP) is 1.73. The van der Waals surface area contributed by atoms with Gasteiger partial charge in [0.1, 0.15) is 6.29 Å². The number of fused-ring (bicyclic) bond motifs is 7. The Kier molecular flexibility index (Phi) is 9.01. The molecule has 11 heteroatoms. The zero-order valence-electron chi connectivity index (χ0n) is 23.8. The molecule has 0 bridgehead atoms. The third kappa shape index (κ3) is 4.85. The van der Waals surface area contributed by atoms with Crippen molar-refractivity contribution in [2.24, 2.45) is 34.4 Å². The van der Waals surface area contributed by atoms with Gasteiger partial charge in [-0.05, 0) is 63.1 Å². The van der Waals surface area contributed by atoms with Gasteiger partial charge in [-0.25, -0.2) is 4.79 Å². The maximum Gasteiger partial charge on any atom is 0.407 e. The number of hydrazine groups is 1. The highest BCUT2D eigenvalue weighted by Gasteiger charge is 2.75. The molecule has 0 aromatic carbocycles. The van der Waals surface area contributed by atoms with E-state index >= 15 is 0 Å². The molecule has 1 aliphatic heterocycles. The predicted molar refractivity (Wildman–Crippen MR) is 144 cm³/mol. The standard InChI is InChI=1S/C28H37NO8.CH6N2/c1-4-5-23-36-22-13-19-18-7-6-16-12-17(31)8-9-26(16,2)24(18)20(32)14-27(19,3)28(22,37-23)21(33)15-35-25(34)29-10-11-30;1-3-2/h8-9,11-12,18-20,22-24,32H,4-7,10,13-15H2,1-3H3,(H,29,34);3H,2H2,1H3. The second kappa shape index (κ2) is 11.8. The van der Waals surface area contributed by atoms with E-state index in [9.17, 15) is 24.3 Å². The van der Waals surface area contributed by atoms with Gasteiger partial charge in [-0.1, -0.05) is 38.8 Å². The zero-order chi connectivity index (χ0) is 29.3. The third-order valence-electron chi connectivity index (χ3n) is 9.89. The van der Waals surface area contributed by atoms with Gasteiger partial charge in [-0.15, -0.1) is 0 Å². The molecule has 0 spiro atoms. The molecule has 1 heterocycles. The number of aliphatic hydroxyl groups is 1. The second-order valence-corrected chi connectivity index (χ2v) is 12.0. The topological polar surface area (TPSA) is 166 Å². The Bertz CT molecular complexity index is 1080. The summed E-state index contributed by atoms with van der Waals surface area (Å²) in [5.41, 5.74) is 0.826. The number of ether oxygens (including phenoxy) is 3. The number of aldehydes is 1. The normalized spacial score (nSPS) is 40.9. The Balaban J connectivity index is 0.00000118. The first-order valence-electron chi connectivity index (χ1n) is 14.2. The monoisotopic (exact) mass is 561 g/mol. The molecule has 1 amide bonds. The average Bonchev–Trinajstić information content (AvgIpc) is 3.39. The maximum atomic E-state index is 13.9. The minimum Gasteiger partial charge on any atom is -0.441 e. The summed E-state index contributed by atoms with van der Waals surface area (Å²) in [4.78, 5) is 48.5. The number of hydrogen-bond acceptors (Lipinski definition) is 10. The summed E-state index contributed by atoms with van der Waals surface area (Å²) in [6.45, 7) is 5.43. The molecule has 9 atom stereocenters. The molecule has 0 aromatic heterocycles. The van der Waals surface area contributed by atoms with Gasteiger partial charge in [0, 0.05) is 16.7 Å². The van der Waals surface area contributed by atoms with Crippen LogP contribution < -0.4 is 16.6 Å². The van der Waals surface area contributed by atoms with E-state index in [-0.39, 0.29) is 35.9 Å². The number of nitrogens with one attached hydrogen (secondary N) is 2. The van der Waals surface area contributed by atoms with Gasteiger partial charge in [0.2, 0.25) is 5.78 Å². The molecule has 0 aromatic rings. The second-order valence-electron chi connectivity index (χ2n) is 12.0. The molecule has 9 unspecified atom stereocenters. The maximum absolute atomic E-state index is 13.9. The summed E-state index contributed by atoms with van der Waals surface area (Å²) in [6.07, 6.45) is 7.19. The van der Waals surface area contributed by atoms with Crippen LogP contribution in [0.15, 0.2) is 23.8 Å². The minimum atomic E-state index is -1.34. The van der Waals surface area contributed by atoms with Crippen LogP contribution in [-0.4, -0.2) is 73.4 Å². The molecule has 11 nitrogen and oxygen atoms in total. The molecule has 5 rings (SSSR count). The van der Waals surface area contributed by atoms with E-state index in [0.29, 0.717) is 25.5 Å². The first kappa shape index (κ1) is 30.5. The number of amides is 1. The van der Waals surface area contributed by atoms with Crippen molar-refractivity contribution in [2.75, 3.05) is 20.2 Å². The Morgan fingerprint density at radius 2 is 2.05 bits per heavy atom. The summed E-state index contributed by atoms with van der Waals surface area (Å²) < 4.78 is 18.0. The van der Waals surface area contributed by atoms with Gasteiger partial charge in [0.15, 0.2) is 24.3 Å². The quantitative estimate of drug-likeness (QED) is 0.204.